The Kier molecular flexibility index (Phi) is 7.88. The Morgan fingerprint density at radius 2 is 1.32 bits per heavy atom. The smallest absolute Gasteiger partial charge is 0.345 e. The van der Waals surface area contributed by atoms with E-state index in [2.05, 4.69) is 5.32 Å². The second-order valence-electron chi connectivity index (χ2n) is 8.48. The third-order valence-corrected chi connectivity index (χ3v) is 8.48. The zero-order valence-electron chi connectivity index (χ0n) is 19.4. The van der Waals surface area contributed by atoms with E-state index in [1.54, 1.807) is 0 Å². The highest BCUT2D eigenvalue weighted by atomic mass is 31.1. The number of halogens is 6. The highest BCUT2D eigenvalue weighted by Gasteiger charge is 2.38. The Hall–Kier alpha value is -3.38. The number of benzene rings is 3. The Bertz CT molecular complexity index is 1230. The maximum Gasteiger partial charge on any atom is 0.416 e. The zero-order chi connectivity index (χ0) is 26.6. The first-order valence-electron chi connectivity index (χ1n) is 11.4. The lowest BCUT2D eigenvalue weighted by Gasteiger charge is -2.27. The van der Waals surface area contributed by atoms with Crippen molar-refractivity contribution in [2.45, 2.75) is 24.8 Å². The van der Waals surface area contributed by atoms with Crippen LogP contribution in [0.3, 0.4) is 0 Å². The van der Waals surface area contributed by atoms with Crippen molar-refractivity contribution in [1.82, 2.24) is 5.32 Å². The van der Waals surface area contributed by atoms with Crippen molar-refractivity contribution >= 4 is 24.4 Å². The fourth-order valence-electron chi connectivity index (χ4n) is 4.06. The molecule has 0 aliphatic heterocycles. The molecule has 0 fully saturated rings. The van der Waals surface area contributed by atoms with Gasteiger partial charge in [-0.15, -0.1) is 0 Å². The van der Waals surface area contributed by atoms with Crippen LogP contribution in [0.5, 0.6) is 0 Å². The van der Waals surface area contributed by atoms with Gasteiger partial charge in [-0.1, -0.05) is 78.9 Å². The van der Waals surface area contributed by atoms with Crippen molar-refractivity contribution in [2.75, 3.05) is 6.16 Å². The maximum atomic E-state index is 13.3. The van der Waals surface area contributed by atoms with E-state index < -0.39 is 48.9 Å². The van der Waals surface area contributed by atoms with Crippen LogP contribution in [-0.2, 0) is 12.4 Å². The summed E-state index contributed by atoms with van der Waals surface area (Å²) in [6, 6.07) is 19.6. The lowest BCUT2D eigenvalue weighted by molar-refractivity contribution is -0.143. The Morgan fingerprint density at radius 3 is 1.76 bits per heavy atom. The average molecular weight is 533 g/mol. The highest BCUT2D eigenvalue weighted by Crippen LogP contribution is 2.38. The second kappa shape index (κ2) is 10.9. The molecule has 0 bridgehead atoms. The van der Waals surface area contributed by atoms with E-state index in [1.807, 2.05) is 78.9 Å². The highest BCUT2D eigenvalue weighted by molar-refractivity contribution is 7.73. The minimum Gasteiger partial charge on any atom is -0.345 e. The first-order valence-corrected chi connectivity index (χ1v) is 12.9. The predicted octanol–water partition coefficient (Wildman–Crippen LogP) is 6.84. The summed E-state index contributed by atoms with van der Waals surface area (Å²) >= 11 is 0. The van der Waals surface area contributed by atoms with Gasteiger partial charge in [0.25, 0.3) is 5.91 Å². The third kappa shape index (κ3) is 6.69. The number of carbonyl (C=O) groups excluding carboxylic acids is 1. The zero-order valence-corrected chi connectivity index (χ0v) is 20.2. The van der Waals surface area contributed by atoms with E-state index >= 15 is 0 Å². The van der Waals surface area contributed by atoms with E-state index in [0.717, 1.165) is 16.2 Å². The fourth-order valence-corrected chi connectivity index (χ4v) is 6.54. The van der Waals surface area contributed by atoms with Gasteiger partial charge in [-0.2, -0.15) is 26.3 Å². The topological polar surface area (TPSA) is 29.1 Å². The van der Waals surface area contributed by atoms with Crippen molar-refractivity contribution in [1.29, 1.82) is 0 Å². The molecule has 2 nitrogen and oxygen atoms in total. The van der Waals surface area contributed by atoms with E-state index in [9.17, 15) is 31.1 Å². The fraction of sp³-hybridized carbons (Fsp3) is 0.179. The molecule has 0 saturated carbocycles. The van der Waals surface area contributed by atoms with Gasteiger partial charge in [0.1, 0.15) is 0 Å². The van der Waals surface area contributed by atoms with Gasteiger partial charge < -0.3 is 5.32 Å². The van der Waals surface area contributed by atoms with Gasteiger partial charge in [0.05, 0.1) is 17.2 Å². The van der Waals surface area contributed by atoms with Crippen LogP contribution in [0.15, 0.2) is 103 Å². The molecule has 0 unspecified atom stereocenters. The standard InChI is InChI=1S/C28H22F6NOP/c29-27(30,31)21-15-20(16-22(17-21)28(32,33)34)26(36)35-25(19-9-7-8-10-19)18-37(23-11-3-1-4-12-23)24-13-5-2-6-14-24/h1-9,11-17,25H,10,18H2,(H,35,36)/t25-/m1/s1. The molecule has 37 heavy (non-hydrogen) atoms. The first kappa shape index (κ1) is 26.7. The molecular formula is C28H22F6NOP. The van der Waals surface area contributed by atoms with Gasteiger partial charge in [0.2, 0.25) is 0 Å². The van der Waals surface area contributed by atoms with Gasteiger partial charge in [-0.05, 0) is 54.9 Å². The van der Waals surface area contributed by atoms with E-state index in [4.69, 9.17) is 0 Å². The summed E-state index contributed by atoms with van der Waals surface area (Å²) < 4.78 is 80.0. The molecule has 1 amide bonds. The van der Waals surface area contributed by atoms with Crippen LogP contribution in [-0.4, -0.2) is 18.1 Å². The molecule has 3 aromatic rings. The third-order valence-electron chi connectivity index (χ3n) is 5.90. The van der Waals surface area contributed by atoms with Gasteiger partial charge in [-0.3, -0.25) is 4.79 Å². The van der Waals surface area contributed by atoms with Crippen molar-refractivity contribution in [2.24, 2.45) is 0 Å². The molecule has 0 spiro atoms. The molecule has 1 N–H and O–H groups in total. The summed E-state index contributed by atoms with van der Waals surface area (Å²) in [5, 5.41) is 4.81. The van der Waals surface area contributed by atoms with Crippen LogP contribution in [0.1, 0.15) is 27.9 Å². The lowest BCUT2D eigenvalue weighted by atomic mass is 10.0. The summed E-state index contributed by atoms with van der Waals surface area (Å²) in [5.41, 5.74) is -2.92. The maximum absolute atomic E-state index is 13.3. The normalized spacial score (nSPS) is 14.5. The van der Waals surface area contributed by atoms with Crippen molar-refractivity contribution < 1.29 is 31.1 Å². The quantitative estimate of drug-likeness (QED) is 0.262. The molecule has 1 atom stereocenters. The Morgan fingerprint density at radius 1 is 0.811 bits per heavy atom. The number of hydrogen-bond acceptors (Lipinski definition) is 1. The van der Waals surface area contributed by atoms with Crippen molar-refractivity contribution in [3.63, 3.8) is 0 Å². The predicted molar refractivity (Wildman–Crippen MR) is 133 cm³/mol. The summed E-state index contributed by atoms with van der Waals surface area (Å²) in [6.45, 7) is 0. The van der Waals surface area contributed by atoms with Crippen LogP contribution in [0.25, 0.3) is 0 Å². The van der Waals surface area contributed by atoms with Gasteiger partial charge in [0, 0.05) is 5.56 Å². The minimum absolute atomic E-state index is 0.0156. The van der Waals surface area contributed by atoms with Crippen LogP contribution in [0, 0.1) is 0 Å². The summed E-state index contributed by atoms with van der Waals surface area (Å²) in [5.74, 6) is -0.995. The number of hydrogen-bond donors (Lipinski definition) is 1. The van der Waals surface area contributed by atoms with E-state index in [-0.39, 0.29) is 6.07 Å². The molecule has 4 rings (SSSR count). The number of amides is 1. The molecule has 1 aliphatic rings. The number of nitrogens with one attached hydrogen (secondary N) is 1. The molecule has 0 radical (unpaired) electrons. The van der Waals surface area contributed by atoms with Crippen molar-refractivity contribution in [3.05, 3.63) is 119 Å². The van der Waals surface area contributed by atoms with Gasteiger partial charge in [0.15, 0.2) is 0 Å². The first-order chi connectivity index (χ1) is 17.5. The number of alkyl halides is 6. The SMILES string of the molecule is O=C(N[C@H](CP(c1ccccc1)c1ccccc1)C1=CC=CC1)c1cc(C(F)(F)F)cc(C(F)(F)F)c1. The van der Waals surface area contributed by atoms with Crippen molar-refractivity contribution in [3.8, 4) is 0 Å². The molecular weight excluding hydrogens is 511 g/mol. The minimum atomic E-state index is -5.04. The van der Waals surface area contributed by atoms with Crippen LogP contribution < -0.4 is 15.9 Å². The molecule has 9 heteroatoms. The monoisotopic (exact) mass is 533 g/mol. The molecule has 0 saturated heterocycles. The molecule has 0 heterocycles. The van der Waals surface area contributed by atoms with Gasteiger partial charge >= 0.3 is 12.4 Å². The second-order valence-corrected chi connectivity index (χ2v) is 10.7. The molecule has 1 aliphatic carbocycles. The molecule has 0 aromatic heterocycles. The average Bonchev–Trinajstić information content (AvgIpc) is 3.41. The number of rotatable bonds is 7. The molecule has 192 valence electrons. The summed E-state index contributed by atoms with van der Waals surface area (Å²) in [7, 11) is -0.999. The largest absolute Gasteiger partial charge is 0.416 e. The van der Waals surface area contributed by atoms with Crippen LogP contribution in [0.4, 0.5) is 26.3 Å². The number of allylic oxidation sites excluding steroid dienone is 3. The van der Waals surface area contributed by atoms with E-state index in [0.29, 0.717) is 24.7 Å². The van der Waals surface area contributed by atoms with Crippen LogP contribution >= 0.6 is 7.92 Å². The Labute approximate surface area is 211 Å². The van der Waals surface area contributed by atoms with Gasteiger partial charge in [-0.25, -0.2) is 0 Å². The van der Waals surface area contributed by atoms with E-state index in [1.165, 1.54) is 0 Å². The number of carbonyl (C=O) groups is 1. The Balaban J connectivity index is 1.69. The summed E-state index contributed by atoms with van der Waals surface area (Å²) in [4.78, 5) is 13.1. The van der Waals surface area contributed by atoms with Crippen LogP contribution in [0.2, 0.25) is 0 Å². The molecule has 3 aromatic carbocycles. The summed E-state index contributed by atoms with van der Waals surface area (Å²) in [6.07, 6.45) is -3.61. The lowest BCUT2D eigenvalue weighted by Crippen LogP contribution is -2.40.